The van der Waals surface area contributed by atoms with Crippen LogP contribution in [-0.4, -0.2) is 10.9 Å². The first kappa shape index (κ1) is 18.0. The molecule has 3 rings (SSSR count). The Hall–Kier alpha value is -1.82. The Labute approximate surface area is 160 Å². The smallest absolute Gasteiger partial charge is 0.266 e. The minimum Gasteiger partial charge on any atom is -0.321 e. The van der Waals surface area contributed by atoms with Crippen LogP contribution in [0.3, 0.4) is 0 Å². The first-order chi connectivity index (χ1) is 12.0. The first-order valence-electron chi connectivity index (χ1n) is 7.71. The summed E-state index contributed by atoms with van der Waals surface area (Å²) in [6, 6.07) is 11.8. The largest absolute Gasteiger partial charge is 0.321 e. The van der Waals surface area contributed by atoms with Gasteiger partial charge in [-0.2, -0.15) is 0 Å². The van der Waals surface area contributed by atoms with Gasteiger partial charge in [0.2, 0.25) is 0 Å². The van der Waals surface area contributed by atoms with Crippen LogP contribution >= 0.6 is 34.7 Å². The summed E-state index contributed by atoms with van der Waals surface area (Å²) in [7, 11) is 0. The molecule has 0 bridgehead atoms. The van der Waals surface area contributed by atoms with Crippen LogP contribution in [0.1, 0.15) is 26.4 Å². The maximum atomic E-state index is 12.6. The molecule has 0 radical (unpaired) electrons. The third kappa shape index (κ3) is 4.84. The monoisotopic (exact) mass is 388 g/mol. The van der Waals surface area contributed by atoms with Crippen LogP contribution in [0.2, 0.25) is 5.15 Å². The van der Waals surface area contributed by atoms with E-state index >= 15 is 0 Å². The molecule has 1 amide bonds. The molecule has 1 aromatic carbocycles. The van der Waals surface area contributed by atoms with Crippen molar-refractivity contribution >= 4 is 46.3 Å². The van der Waals surface area contributed by atoms with Gasteiger partial charge in [0.25, 0.3) is 5.91 Å². The first-order valence-corrected chi connectivity index (χ1v) is 9.96. The molecule has 0 saturated carbocycles. The van der Waals surface area contributed by atoms with Crippen molar-refractivity contribution in [3.05, 3.63) is 74.7 Å². The summed E-state index contributed by atoms with van der Waals surface area (Å²) in [6.45, 7) is 4.05. The number of halogens is 1. The molecular formula is C19H17ClN2OS2. The van der Waals surface area contributed by atoms with Gasteiger partial charge in [-0.25, -0.2) is 4.98 Å². The van der Waals surface area contributed by atoms with E-state index in [-0.39, 0.29) is 5.91 Å². The predicted octanol–water partition coefficient (Wildman–Crippen LogP) is 5.96. The van der Waals surface area contributed by atoms with E-state index in [4.69, 9.17) is 11.6 Å². The minimum atomic E-state index is -0.0738. The fourth-order valence-electron chi connectivity index (χ4n) is 2.50. The average Bonchev–Trinajstić information content (AvgIpc) is 3.00. The number of carbonyl (C=O) groups excluding carboxylic acids is 1. The lowest BCUT2D eigenvalue weighted by atomic mass is 10.1. The fraction of sp³-hybridized carbons (Fsp3) is 0.158. The highest BCUT2D eigenvalue weighted by atomic mass is 35.5. The molecule has 0 spiro atoms. The van der Waals surface area contributed by atoms with E-state index in [9.17, 15) is 4.79 Å². The zero-order valence-electron chi connectivity index (χ0n) is 13.9. The molecule has 0 aliphatic carbocycles. The van der Waals surface area contributed by atoms with E-state index in [1.165, 1.54) is 11.3 Å². The molecule has 1 N–H and O–H groups in total. The fourth-order valence-corrected chi connectivity index (χ4v) is 4.68. The number of aromatic nitrogens is 1. The molecule has 6 heteroatoms. The molecule has 2 aromatic heterocycles. The number of anilines is 1. The molecule has 0 fully saturated rings. The second kappa shape index (κ2) is 8.04. The number of aryl methyl sites for hydroxylation is 2. The van der Waals surface area contributed by atoms with E-state index in [2.05, 4.69) is 16.4 Å². The zero-order chi connectivity index (χ0) is 17.8. The molecule has 3 aromatic rings. The summed E-state index contributed by atoms with van der Waals surface area (Å²) in [6.07, 6.45) is 1.69. The molecular weight excluding hydrogens is 372 g/mol. The lowest BCUT2D eigenvalue weighted by molar-refractivity contribution is 0.102. The summed E-state index contributed by atoms with van der Waals surface area (Å²) < 4.78 is 0. The van der Waals surface area contributed by atoms with Gasteiger partial charge in [0.05, 0.1) is 0 Å². The second-order valence-corrected chi connectivity index (χ2v) is 8.04. The number of hydrogen-bond donors (Lipinski definition) is 1. The Kier molecular flexibility index (Phi) is 5.78. The van der Waals surface area contributed by atoms with Gasteiger partial charge in [-0.05, 0) is 66.2 Å². The number of amides is 1. The van der Waals surface area contributed by atoms with Crippen molar-refractivity contribution in [1.29, 1.82) is 0 Å². The summed E-state index contributed by atoms with van der Waals surface area (Å²) in [5.74, 6) is 0.665. The van der Waals surface area contributed by atoms with E-state index in [1.54, 1.807) is 18.0 Å². The Morgan fingerprint density at radius 1 is 1.20 bits per heavy atom. The third-order valence-electron chi connectivity index (χ3n) is 3.50. The summed E-state index contributed by atoms with van der Waals surface area (Å²) in [5.41, 5.74) is 4.17. The number of rotatable bonds is 5. The van der Waals surface area contributed by atoms with Crippen molar-refractivity contribution in [3.63, 3.8) is 0 Å². The number of nitrogens with zero attached hydrogens (tertiary/aromatic N) is 1. The van der Waals surface area contributed by atoms with Crippen LogP contribution in [0.5, 0.6) is 0 Å². The normalized spacial score (nSPS) is 10.7. The van der Waals surface area contributed by atoms with Gasteiger partial charge in [0, 0.05) is 22.5 Å². The van der Waals surface area contributed by atoms with Crippen LogP contribution in [0.25, 0.3) is 0 Å². The maximum absolute atomic E-state index is 12.6. The molecule has 2 heterocycles. The number of benzene rings is 1. The van der Waals surface area contributed by atoms with E-state index in [1.807, 2.05) is 49.6 Å². The summed E-state index contributed by atoms with van der Waals surface area (Å²) in [5, 5.41) is 5.43. The molecule has 0 atom stereocenters. The SMILES string of the molecule is Cc1cc(C)cc(NC(=O)c2sccc2SCc2ccnc(Cl)c2)c1. The van der Waals surface area contributed by atoms with Crippen LogP contribution in [0.4, 0.5) is 5.69 Å². The Morgan fingerprint density at radius 3 is 2.68 bits per heavy atom. The lowest BCUT2D eigenvalue weighted by Crippen LogP contribution is -2.11. The summed E-state index contributed by atoms with van der Waals surface area (Å²) >= 11 is 9.00. The Bertz CT molecular complexity index is 888. The van der Waals surface area contributed by atoms with Crippen molar-refractivity contribution < 1.29 is 4.79 Å². The third-order valence-corrected chi connectivity index (χ3v) is 5.88. The minimum absolute atomic E-state index is 0.0738. The van der Waals surface area contributed by atoms with Crippen molar-refractivity contribution in [1.82, 2.24) is 4.98 Å². The Morgan fingerprint density at radius 2 is 1.96 bits per heavy atom. The Balaban J connectivity index is 1.71. The van der Waals surface area contributed by atoms with Crippen LogP contribution < -0.4 is 5.32 Å². The predicted molar refractivity (Wildman–Crippen MR) is 107 cm³/mol. The number of hydrogen-bond acceptors (Lipinski definition) is 4. The van der Waals surface area contributed by atoms with Gasteiger partial charge < -0.3 is 5.32 Å². The highest BCUT2D eigenvalue weighted by molar-refractivity contribution is 7.98. The second-order valence-electron chi connectivity index (χ2n) is 5.72. The lowest BCUT2D eigenvalue weighted by Gasteiger charge is -2.08. The van der Waals surface area contributed by atoms with E-state index in [0.29, 0.717) is 5.15 Å². The molecule has 25 heavy (non-hydrogen) atoms. The quantitative estimate of drug-likeness (QED) is 0.433. The van der Waals surface area contributed by atoms with Crippen LogP contribution in [0, 0.1) is 13.8 Å². The summed E-state index contributed by atoms with van der Waals surface area (Å²) in [4.78, 5) is 18.3. The number of thiophene rings is 1. The standard InChI is InChI=1S/C19H17ClN2OS2/c1-12-7-13(2)9-15(8-12)22-19(23)18-16(4-6-24-18)25-11-14-3-5-21-17(20)10-14/h3-10H,11H2,1-2H3,(H,22,23). The molecule has 0 aliphatic rings. The highest BCUT2D eigenvalue weighted by Gasteiger charge is 2.14. The van der Waals surface area contributed by atoms with Gasteiger partial charge >= 0.3 is 0 Å². The number of nitrogens with one attached hydrogen (secondary N) is 1. The molecule has 0 aliphatic heterocycles. The van der Waals surface area contributed by atoms with Gasteiger partial charge in [0.15, 0.2) is 0 Å². The van der Waals surface area contributed by atoms with Crippen molar-refractivity contribution in [3.8, 4) is 0 Å². The van der Waals surface area contributed by atoms with Crippen molar-refractivity contribution in [2.75, 3.05) is 5.32 Å². The zero-order valence-corrected chi connectivity index (χ0v) is 16.3. The number of thioether (sulfide) groups is 1. The topological polar surface area (TPSA) is 42.0 Å². The average molecular weight is 389 g/mol. The maximum Gasteiger partial charge on any atom is 0.266 e. The number of carbonyl (C=O) groups is 1. The van der Waals surface area contributed by atoms with E-state index in [0.717, 1.165) is 37.9 Å². The highest BCUT2D eigenvalue weighted by Crippen LogP contribution is 2.31. The molecule has 128 valence electrons. The van der Waals surface area contributed by atoms with Crippen LogP contribution in [0.15, 0.2) is 52.9 Å². The number of pyridine rings is 1. The van der Waals surface area contributed by atoms with Crippen molar-refractivity contribution in [2.24, 2.45) is 0 Å². The van der Waals surface area contributed by atoms with Crippen LogP contribution in [-0.2, 0) is 5.75 Å². The molecule has 0 unspecified atom stereocenters. The molecule has 0 saturated heterocycles. The van der Waals surface area contributed by atoms with Gasteiger partial charge in [0.1, 0.15) is 10.0 Å². The van der Waals surface area contributed by atoms with Gasteiger partial charge in [-0.15, -0.1) is 23.1 Å². The van der Waals surface area contributed by atoms with Crippen molar-refractivity contribution in [2.45, 2.75) is 24.5 Å². The van der Waals surface area contributed by atoms with E-state index < -0.39 is 0 Å². The van der Waals surface area contributed by atoms with Gasteiger partial charge in [-0.1, -0.05) is 17.7 Å². The molecule has 3 nitrogen and oxygen atoms in total. The van der Waals surface area contributed by atoms with Gasteiger partial charge in [-0.3, -0.25) is 4.79 Å².